The van der Waals surface area contributed by atoms with Crippen molar-refractivity contribution in [2.75, 3.05) is 19.8 Å². The first kappa shape index (κ1) is 33.2. The number of aliphatic hydroxyl groups is 3. The van der Waals surface area contributed by atoms with E-state index in [1.54, 1.807) is 24.3 Å². The van der Waals surface area contributed by atoms with Gasteiger partial charge in [-0.2, -0.15) is 0 Å². The van der Waals surface area contributed by atoms with Gasteiger partial charge in [0.15, 0.2) is 6.29 Å². The Morgan fingerprint density at radius 1 is 1.05 bits per heavy atom. The maximum absolute atomic E-state index is 12.8. The first-order valence-electron chi connectivity index (χ1n) is 13.3. The van der Waals surface area contributed by atoms with Crippen molar-refractivity contribution in [1.82, 2.24) is 10.0 Å². The highest BCUT2D eigenvalue weighted by molar-refractivity contribution is 7.83. The number of benzene rings is 2. The van der Waals surface area contributed by atoms with Gasteiger partial charge in [0, 0.05) is 31.5 Å². The van der Waals surface area contributed by atoms with Gasteiger partial charge in [0.2, 0.25) is 5.91 Å². The zero-order valence-corrected chi connectivity index (χ0v) is 23.7. The summed E-state index contributed by atoms with van der Waals surface area (Å²) in [6.07, 6.45) is -4.23. The molecular weight excluding hydrogens is 574 g/mol. The van der Waals surface area contributed by atoms with Crippen molar-refractivity contribution in [3.8, 4) is 5.75 Å². The molecule has 6 unspecified atom stereocenters. The summed E-state index contributed by atoms with van der Waals surface area (Å²) in [7, 11) is -1.77. The van der Waals surface area contributed by atoms with Gasteiger partial charge in [-0.1, -0.05) is 17.7 Å². The highest BCUT2D eigenvalue weighted by Gasteiger charge is 2.45. The Kier molecular flexibility index (Phi) is 12.9. The number of hydrogen-bond acceptors (Lipinski definition) is 11. The SMILES string of the molecule is Cc1ccc(S(=O)NC2C(OCCNC(=O)CCCCC(=O)Oc3ccc([N+](=O)[O-])cc3)OC(CO)C(O)C2O)cc1. The number of nitrogens with zero attached hydrogens (tertiary/aromatic N) is 1. The molecule has 1 saturated heterocycles. The van der Waals surface area contributed by atoms with E-state index in [9.17, 15) is 39.2 Å². The summed E-state index contributed by atoms with van der Waals surface area (Å²) in [5.74, 6) is -0.618. The summed E-state index contributed by atoms with van der Waals surface area (Å²) < 4.78 is 31.9. The highest BCUT2D eigenvalue weighted by Crippen LogP contribution is 2.23. The number of nitro groups is 1. The average Bonchev–Trinajstić information content (AvgIpc) is 2.97. The van der Waals surface area contributed by atoms with Gasteiger partial charge in [-0.15, -0.1) is 0 Å². The number of carbonyl (C=O) groups excluding carboxylic acids is 2. The standard InChI is InChI=1S/C27H35N3O11S/c1-17-6-12-20(13-7-17)42(38)29-24-26(35)25(34)21(16-31)41-27(24)39-15-14-28-22(32)4-2-3-5-23(33)40-19-10-8-18(9-11-19)30(36)37/h6-13,21,24-27,29,31,34-35H,2-5,14-16H2,1H3,(H,28,32). The summed E-state index contributed by atoms with van der Waals surface area (Å²) in [6.45, 7) is 1.34. The second kappa shape index (κ2) is 16.4. The van der Waals surface area contributed by atoms with Crippen LogP contribution in [0, 0.1) is 17.0 Å². The van der Waals surface area contributed by atoms with Crippen LogP contribution in [-0.2, 0) is 30.0 Å². The van der Waals surface area contributed by atoms with E-state index in [1.165, 1.54) is 24.3 Å². The predicted octanol–water partition coefficient (Wildman–Crippen LogP) is 0.622. The lowest BCUT2D eigenvalue weighted by molar-refractivity contribution is -0.384. The van der Waals surface area contributed by atoms with Crippen LogP contribution in [0.3, 0.4) is 0 Å². The third kappa shape index (κ3) is 9.90. The largest absolute Gasteiger partial charge is 0.427 e. The van der Waals surface area contributed by atoms with Crippen molar-refractivity contribution in [2.24, 2.45) is 0 Å². The van der Waals surface area contributed by atoms with Gasteiger partial charge in [0.1, 0.15) is 35.0 Å². The molecule has 230 valence electrons. The number of unbranched alkanes of at least 4 members (excludes halogenated alkanes) is 1. The summed E-state index contributed by atoms with van der Waals surface area (Å²) in [5.41, 5.74) is 0.859. The fraction of sp³-hybridized carbons (Fsp3) is 0.481. The number of aryl methyl sites for hydroxylation is 1. The Morgan fingerprint density at radius 2 is 1.71 bits per heavy atom. The van der Waals surface area contributed by atoms with Crippen LogP contribution in [0.5, 0.6) is 5.75 Å². The second-order valence-corrected chi connectivity index (χ2v) is 10.8. The summed E-state index contributed by atoms with van der Waals surface area (Å²) in [6, 6.07) is 10.9. The van der Waals surface area contributed by atoms with E-state index in [0.717, 1.165) is 5.56 Å². The number of amides is 1. The summed E-state index contributed by atoms with van der Waals surface area (Å²) in [4.78, 5) is 34.7. The second-order valence-electron chi connectivity index (χ2n) is 9.59. The minimum Gasteiger partial charge on any atom is -0.427 e. The number of carbonyl (C=O) groups is 2. The third-order valence-electron chi connectivity index (χ3n) is 6.38. The van der Waals surface area contributed by atoms with Gasteiger partial charge in [-0.25, -0.2) is 8.93 Å². The molecule has 2 aromatic carbocycles. The Morgan fingerprint density at radius 3 is 2.36 bits per heavy atom. The van der Waals surface area contributed by atoms with Crippen molar-refractivity contribution in [3.05, 3.63) is 64.2 Å². The average molecular weight is 610 g/mol. The number of esters is 1. The Labute approximate surface area is 244 Å². The zero-order chi connectivity index (χ0) is 30.6. The minimum absolute atomic E-state index is 0.0473. The fourth-order valence-electron chi connectivity index (χ4n) is 4.03. The minimum atomic E-state index is -1.77. The molecule has 15 heteroatoms. The van der Waals surface area contributed by atoms with Crippen LogP contribution in [0.4, 0.5) is 5.69 Å². The van der Waals surface area contributed by atoms with Crippen LogP contribution < -0.4 is 14.8 Å². The first-order valence-corrected chi connectivity index (χ1v) is 14.4. The molecule has 0 aromatic heterocycles. The van der Waals surface area contributed by atoms with Gasteiger partial charge >= 0.3 is 5.97 Å². The van der Waals surface area contributed by atoms with Crippen molar-refractivity contribution < 1.29 is 48.3 Å². The van der Waals surface area contributed by atoms with Crippen LogP contribution in [0.2, 0.25) is 0 Å². The van der Waals surface area contributed by atoms with E-state index in [2.05, 4.69) is 10.0 Å². The quantitative estimate of drug-likeness (QED) is 0.0622. The molecule has 5 N–H and O–H groups in total. The van der Waals surface area contributed by atoms with Crippen molar-refractivity contribution in [3.63, 3.8) is 0 Å². The lowest BCUT2D eigenvalue weighted by atomic mass is 9.98. The molecular formula is C27H35N3O11S. The maximum Gasteiger partial charge on any atom is 0.311 e. The van der Waals surface area contributed by atoms with E-state index in [1.807, 2.05) is 6.92 Å². The molecule has 1 aliphatic rings. The Bertz CT molecular complexity index is 1210. The number of nitrogens with one attached hydrogen (secondary N) is 2. The number of nitro benzene ring substituents is 1. The summed E-state index contributed by atoms with van der Waals surface area (Å²) in [5, 5.41) is 43.8. The number of ether oxygens (including phenoxy) is 3. The van der Waals surface area contributed by atoms with Crippen LogP contribution in [-0.4, -0.2) is 86.7 Å². The number of non-ortho nitro benzene ring substituents is 1. The van der Waals surface area contributed by atoms with Crippen molar-refractivity contribution in [2.45, 2.75) is 68.1 Å². The molecule has 2 aromatic rings. The van der Waals surface area contributed by atoms with Crippen molar-refractivity contribution >= 4 is 28.5 Å². The Hall–Kier alpha value is -3.31. The molecule has 0 saturated carbocycles. The number of hydrogen-bond donors (Lipinski definition) is 5. The molecule has 14 nitrogen and oxygen atoms in total. The first-order chi connectivity index (χ1) is 20.1. The summed E-state index contributed by atoms with van der Waals surface area (Å²) >= 11 is 0. The van der Waals surface area contributed by atoms with E-state index in [-0.39, 0.29) is 43.3 Å². The maximum atomic E-state index is 12.8. The molecule has 1 amide bonds. The van der Waals surface area contributed by atoms with Crippen molar-refractivity contribution in [1.29, 1.82) is 0 Å². The van der Waals surface area contributed by atoms with Gasteiger partial charge in [0.05, 0.1) is 29.1 Å². The molecule has 1 aliphatic heterocycles. The molecule has 3 rings (SSSR count). The fourth-order valence-corrected chi connectivity index (χ4v) is 5.05. The highest BCUT2D eigenvalue weighted by atomic mass is 32.2. The van der Waals surface area contributed by atoms with E-state index >= 15 is 0 Å². The normalized spacial score (nSPS) is 22.7. The van der Waals surface area contributed by atoms with Gasteiger partial charge < -0.3 is 34.8 Å². The van der Waals surface area contributed by atoms with E-state index in [0.29, 0.717) is 17.7 Å². The molecule has 6 atom stereocenters. The monoisotopic (exact) mass is 609 g/mol. The molecule has 0 aliphatic carbocycles. The molecule has 1 fully saturated rings. The van der Waals surface area contributed by atoms with Crippen LogP contribution in [0.1, 0.15) is 31.2 Å². The topological polar surface area (TPSA) is 207 Å². The van der Waals surface area contributed by atoms with Gasteiger partial charge in [-0.3, -0.25) is 19.7 Å². The Balaban J connectivity index is 1.38. The molecule has 1 heterocycles. The molecule has 0 bridgehead atoms. The molecule has 0 radical (unpaired) electrons. The van der Waals surface area contributed by atoms with E-state index in [4.69, 9.17) is 14.2 Å². The lowest BCUT2D eigenvalue weighted by Gasteiger charge is -2.42. The van der Waals surface area contributed by atoms with Gasteiger partial charge in [0.25, 0.3) is 5.69 Å². The third-order valence-corrected chi connectivity index (χ3v) is 7.57. The lowest BCUT2D eigenvalue weighted by Crippen LogP contribution is -2.64. The van der Waals surface area contributed by atoms with Crippen LogP contribution in [0.15, 0.2) is 53.4 Å². The number of aliphatic hydroxyl groups excluding tert-OH is 3. The number of rotatable bonds is 15. The molecule has 42 heavy (non-hydrogen) atoms. The van der Waals surface area contributed by atoms with E-state index < -0.39 is 59.1 Å². The van der Waals surface area contributed by atoms with Crippen LogP contribution in [0.25, 0.3) is 0 Å². The smallest absolute Gasteiger partial charge is 0.311 e. The van der Waals surface area contributed by atoms with Gasteiger partial charge in [-0.05, 0) is 44.0 Å². The zero-order valence-electron chi connectivity index (χ0n) is 22.9. The molecule has 0 spiro atoms. The van der Waals surface area contributed by atoms with Crippen LogP contribution >= 0.6 is 0 Å². The predicted molar refractivity (Wildman–Crippen MR) is 148 cm³/mol.